The summed E-state index contributed by atoms with van der Waals surface area (Å²) in [5, 5.41) is 14.8. The highest BCUT2D eigenvalue weighted by atomic mass is 16.3. The lowest BCUT2D eigenvalue weighted by Gasteiger charge is -2.12. The predicted molar refractivity (Wildman–Crippen MR) is 89.5 cm³/mol. The van der Waals surface area contributed by atoms with E-state index in [-0.39, 0.29) is 11.8 Å². The molecule has 1 aromatic heterocycles. The molecule has 0 atom stereocenters. The Morgan fingerprint density at radius 2 is 1.59 bits per heavy atom. The van der Waals surface area contributed by atoms with Gasteiger partial charge in [0.1, 0.15) is 0 Å². The average molecular weight is 292 g/mol. The minimum Gasteiger partial charge on any atom is -0.492 e. The van der Waals surface area contributed by atoms with E-state index in [1.807, 2.05) is 47.1 Å². The minimum atomic E-state index is 0.0791. The van der Waals surface area contributed by atoms with E-state index in [0.717, 1.165) is 22.5 Å². The van der Waals surface area contributed by atoms with E-state index in [9.17, 15) is 5.11 Å². The average Bonchev–Trinajstić information content (AvgIpc) is 2.86. The van der Waals surface area contributed by atoms with Crippen LogP contribution >= 0.6 is 0 Å². The molecule has 3 heteroatoms. The van der Waals surface area contributed by atoms with Gasteiger partial charge in [0.15, 0.2) is 0 Å². The quantitative estimate of drug-likeness (QED) is 0.761. The van der Waals surface area contributed by atoms with Crippen LogP contribution in [0.25, 0.3) is 16.8 Å². The fraction of sp³-hybridized carbons (Fsp3) is 0.211. The van der Waals surface area contributed by atoms with E-state index in [4.69, 9.17) is 0 Å². The van der Waals surface area contributed by atoms with E-state index in [1.165, 1.54) is 5.56 Å². The van der Waals surface area contributed by atoms with Gasteiger partial charge in [0, 0.05) is 0 Å². The summed E-state index contributed by atoms with van der Waals surface area (Å²) >= 11 is 0. The van der Waals surface area contributed by atoms with Crippen LogP contribution in [-0.4, -0.2) is 14.9 Å². The van der Waals surface area contributed by atoms with Gasteiger partial charge in [-0.3, -0.25) is 0 Å². The van der Waals surface area contributed by atoms with Gasteiger partial charge in [-0.25, -0.2) is 4.68 Å². The monoisotopic (exact) mass is 292 g/mol. The number of aryl methyl sites for hydroxylation is 1. The lowest BCUT2D eigenvalue weighted by atomic mass is 9.99. The van der Waals surface area contributed by atoms with Crippen molar-refractivity contribution in [1.29, 1.82) is 0 Å². The first-order valence-corrected chi connectivity index (χ1v) is 7.52. The molecule has 0 bridgehead atoms. The molecule has 0 aliphatic carbocycles. The Bertz CT molecular complexity index is 771. The Hall–Kier alpha value is -2.55. The molecule has 22 heavy (non-hydrogen) atoms. The van der Waals surface area contributed by atoms with E-state index in [1.54, 1.807) is 0 Å². The zero-order valence-corrected chi connectivity index (χ0v) is 13.1. The van der Waals surface area contributed by atoms with Crippen LogP contribution in [0.4, 0.5) is 0 Å². The third kappa shape index (κ3) is 2.50. The molecule has 0 spiro atoms. The van der Waals surface area contributed by atoms with Crippen molar-refractivity contribution >= 4 is 0 Å². The zero-order valence-electron chi connectivity index (χ0n) is 13.1. The molecule has 3 rings (SSSR count). The second kappa shape index (κ2) is 5.68. The van der Waals surface area contributed by atoms with Gasteiger partial charge in [-0.05, 0) is 30.5 Å². The molecular formula is C19H20N2O. The van der Waals surface area contributed by atoms with Crippen molar-refractivity contribution in [1.82, 2.24) is 9.78 Å². The van der Waals surface area contributed by atoms with Gasteiger partial charge in [-0.15, -0.1) is 5.10 Å². The van der Waals surface area contributed by atoms with Crippen molar-refractivity contribution in [3.63, 3.8) is 0 Å². The summed E-state index contributed by atoms with van der Waals surface area (Å²) in [6.07, 6.45) is 0. The van der Waals surface area contributed by atoms with Crippen LogP contribution in [0, 0.1) is 6.92 Å². The molecule has 0 aliphatic rings. The second-order valence-electron chi connectivity index (χ2n) is 5.85. The maximum absolute atomic E-state index is 10.4. The molecule has 3 nitrogen and oxygen atoms in total. The molecule has 0 aliphatic heterocycles. The molecule has 0 saturated carbocycles. The Morgan fingerprint density at radius 1 is 0.955 bits per heavy atom. The SMILES string of the molecule is Cc1ccc(-n2nc(O)c(-c3ccccc3)c2C(C)C)cc1. The van der Waals surface area contributed by atoms with Gasteiger partial charge in [0.2, 0.25) is 5.88 Å². The Kier molecular flexibility index (Phi) is 3.72. The number of benzene rings is 2. The third-order valence-electron chi connectivity index (χ3n) is 3.79. The first kappa shape index (κ1) is 14.4. The Labute approximate surface area is 130 Å². The van der Waals surface area contributed by atoms with E-state index < -0.39 is 0 Å². The lowest BCUT2D eigenvalue weighted by molar-refractivity contribution is 0.449. The maximum Gasteiger partial charge on any atom is 0.239 e. The highest BCUT2D eigenvalue weighted by Crippen LogP contribution is 2.37. The minimum absolute atomic E-state index is 0.0791. The maximum atomic E-state index is 10.4. The number of hydrogen-bond acceptors (Lipinski definition) is 2. The van der Waals surface area contributed by atoms with Crippen molar-refractivity contribution in [2.24, 2.45) is 0 Å². The fourth-order valence-corrected chi connectivity index (χ4v) is 2.72. The van der Waals surface area contributed by atoms with Crippen LogP contribution in [0.15, 0.2) is 54.6 Å². The van der Waals surface area contributed by atoms with Gasteiger partial charge in [0.25, 0.3) is 0 Å². The lowest BCUT2D eigenvalue weighted by Crippen LogP contribution is -2.04. The molecule has 1 heterocycles. The van der Waals surface area contributed by atoms with Gasteiger partial charge in [-0.1, -0.05) is 61.9 Å². The fourth-order valence-electron chi connectivity index (χ4n) is 2.72. The summed E-state index contributed by atoms with van der Waals surface area (Å²) in [7, 11) is 0. The van der Waals surface area contributed by atoms with Crippen LogP contribution in [0.3, 0.4) is 0 Å². The number of aromatic hydroxyl groups is 1. The predicted octanol–water partition coefficient (Wildman–Crippen LogP) is 4.68. The van der Waals surface area contributed by atoms with Gasteiger partial charge < -0.3 is 5.11 Å². The van der Waals surface area contributed by atoms with Crippen LogP contribution in [0.5, 0.6) is 5.88 Å². The molecule has 0 saturated heterocycles. The van der Waals surface area contributed by atoms with Crippen LogP contribution < -0.4 is 0 Å². The summed E-state index contributed by atoms with van der Waals surface area (Å²) < 4.78 is 1.85. The topological polar surface area (TPSA) is 38.0 Å². The zero-order chi connectivity index (χ0) is 15.7. The smallest absolute Gasteiger partial charge is 0.239 e. The van der Waals surface area contributed by atoms with Crippen LogP contribution in [-0.2, 0) is 0 Å². The van der Waals surface area contributed by atoms with Crippen molar-refractivity contribution in [3.8, 4) is 22.7 Å². The standard InChI is InChI=1S/C19H20N2O/c1-13(2)18-17(15-7-5-4-6-8-15)19(22)20-21(18)16-11-9-14(3)10-12-16/h4-13H,1-3H3,(H,20,22). The van der Waals surface area contributed by atoms with Crippen molar-refractivity contribution in [2.75, 3.05) is 0 Å². The summed E-state index contributed by atoms with van der Waals surface area (Å²) in [6.45, 7) is 6.30. The number of rotatable bonds is 3. The first-order valence-electron chi connectivity index (χ1n) is 7.52. The highest BCUT2D eigenvalue weighted by Gasteiger charge is 2.22. The summed E-state index contributed by atoms with van der Waals surface area (Å²) in [4.78, 5) is 0. The van der Waals surface area contributed by atoms with Gasteiger partial charge in [0.05, 0.1) is 16.9 Å². The largest absolute Gasteiger partial charge is 0.492 e. The molecule has 0 amide bonds. The second-order valence-corrected chi connectivity index (χ2v) is 5.85. The van der Waals surface area contributed by atoms with Crippen LogP contribution in [0.2, 0.25) is 0 Å². The Balaban J connectivity index is 2.23. The molecule has 0 fully saturated rings. The van der Waals surface area contributed by atoms with Crippen molar-refractivity contribution < 1.29 is 5.11 Å². The van der Waals surface area contributed by atoms with Gasteiger partial charge >= 0.3 is 0 Å². The number of aromatic nitrogens is 2. The summed E-state index contributed by atoms with van der Waals surface area (Å²) in [6, 6.07) is 18.1. The van der Waals surface area contributed by atoms with E-state index in [0.29, 0.717) is 0 Å². The molecular weight excluding hydrogens is 272 g/mol. The molecule has 2 aromatic carbocycles. The molecule has 112 valence electrons. The van der Waals surface area contributed by atoms with E-state index in [2.05, 4.69) is 38.0 Å². The molecule has 3 aromatic rings. The summed E-state index contributed by atoms with van der Waals surface area (Å²) in [5.74, 6) is 0.320. The highest BCUT2D eigenvalue weighted by molar-refractivity contribution is 5.72. The molecule has 1 N–H and O–H groups in total. The van der Waals surface area contributed by atoms with Crippen molar-refractivity contribution in [2.45, 2.75) is 26.7 Å². The first-order chi connectivity index (χ1) is 10.6. The normalized spacial score (nSPS) is 11.1. The molecule has 0 radical (unpaired) electrons. The Morgan fingerprint density at radius 3 is 2.18 bits per heavy atom. The summed E-state index contributed by atoms with van der Waals surface area (Å²) in [5.41, 5.74) is 4.99. The number of nitrogens with zero attached hydrogens (tertiary/aromatic N) is 2. The van der Waals surface area contributed by atoms with Gasteiger partial charge in [-0.2, -0.15) is 0 Å². The number of hydrogen-bond donors (Lipinski definition) is 1. The third-order valence-corrected chi connectivity index (χ3v) is 3.79. The molecule has 0 unspecified atom stereocenters. The van der Waals surface area contributed by atoms with E-state index >= 15 is 0 Å². The van der Waals surface area contributed by atoms with Crippen molar-refractivity contribution in [3.05, 3.63) is 65.9 Å². The van der Waals surface area contributed by atoms with Crippen LogP contribution in [0.1, 0.15) is 31.0 Å².